The van der Waals surface area contributed by atoms with E-state index in [0.717, 1.165) is 6.07 Å². The maximum Gasteiger partial charge on any atom is 0.167 e. The van der Waals surface area contributed by atoms with Gasteiger partial charge in [0.1, 0.15) is 0 Å². The van der Waals surface area contributed by atoms with Crippen LogP contribution >= 0.6 is 0 Å². The van der Waals surface area contributed by atoms with Gasteiger partial charge in [0, 0.05) is 12.6 Å². The third-order valence-electron chi connectivity index (χ3n) is 1.31. The Labute approximate surface area is 68.9 Å². The SMILES string of the molecule is CN/N=C/c1cccc(F)c1F. The van der Waals surface area contributed by atoms with E-state index in [1.54, 1.807) is 7.05 Å². The van der Waals surface area contributed by atoms with Gasteiger partial charge in [0.05, 0.1) is 6.21 Å². The minimum absolute atomic E-state index is 0.129. The van der Waals surface area contributed by atoms with Crippen LogP contribution in [-0.2, 0) is 0 Å². The first kappa shape index (κ1) is 8.64. The molecule has 0 heterocycles. The zero-order valence-electron chi connectivity index (χ0n) is 6.51. The molecule has 0 saturated carbocycles. The lowest BCUT2D eigenvalue weighted by molar-refractivity contribution is 0.507. The Balaban J connectivity index is 3.00. The van der Waals surface area contributed by atoms with E-state index < -0.39 is 11.6 Å². The number of hydrazone groups is 1. The second kappa shape index (κ2) is 3.80. The summed E-state index contributed by atoms with van der Waals surface area (Å²) in [5.74, 6) is -1.74. The molecular weight excluding hydrogens is 162 g/mol. The second-order valence-corrected chi connectivity index (χ2v) is 2.12. The fraction of sp³-hybridized carbons (Fsp3) is 0.125. The monoisotopic (exact) mass is 170 g/mol. The number of rotatable bonds is 2. The highest BCUT2D eigenvalue weighted by atomic mass is 19.2. The lowest BCUT2D eigenvalue weighted by atomic mass is 10.2. The zero-order valence-corrected chi connectivity index (χ0v) is 6.51. The van der Waals surface area contributed by atoms with E-state index in [9.17, 15) is 8.78 Å². The van der Waals surface area contributed by atoms with Gasteiger partial charge >= 0.3 is 0 Å². The van der Waals surface area contributed by atoms with Crippen molar-refractivity contribution in [3.05, 3.63) is 35.4 Å². The van der Waals surface area contributed by atoms with Gasteiger partial charge in [-0.15, -0.1) is 0 Å². The van der Waals surface area contributed by atoms with Crippen molar-refractivity contribution in [1.29, 1.82) is 0 Å². The second-order valence-electron chi connectivity index (χ2n) is 2.12. The van der Waals surface area contributed by atoms with Crippen molar-refractivity contribution in [2.24, 2.45) is 5.10 Å². The molecule has 0 radical (unpaired) electrons. The first-order valence-corrected chi connectivity index (χ1v) is 3.39. The van der Waals surface area contributed by atoms with Crippen molar-refractivity contribution in [1.82, 2.24) is 5.43 Å². The van der Waals surface area contributed by atoms with E-state index in [-0.39, 0.29) is 5.56 Å². The molecule has 0 aliphatic heterocycles. The molecule has 2 nitrogen and oxygen atoms in total. The molecule has 0 bridgehead atoms. The Kier molecular flexibility index (Phi) is 2.74. The molecule has 0 saturated heterocycles. The predicted molar refractivity (Wildman–Crippen MR) is 43.0 cm³/mol. The van der Waals surface area contributed by atoms with Crippen LogP contribution in [0.15, 0.2) is 23.3 Å². The number of halogens is 2. The summed E-state index contributed by atoms with van der Waals surface area (Å²) in [6.45, 7) is 0. The summed E-state index contributed by atoms with van der Waals surface area (Å²) in [4.78, 5) is 0. The summed E-state index contributed by atoms with van der Waals surface area (Å²) < 4.78 is 25.4. The Morgan fingerprint density at radius 2 is 2.17 bits per heavy atom. The van der Waals surface area contributed by atoms with Crippen LogP contribution in [0.2, 0.25) is 0 Å². The van der Waals surface area contributed by atoms with Crippen LogP contribution in [0.25, 0.3) is 0 Å². The Bertz CT molecular complexity index is 297. The molecular formula is C8H8F2N2. The van der Waals surface area contributed by atoms with Gasteiger partial charge in [-0.25, -0.2) is 8.78 Å². The van der Waals surface area contributed by atoms with Gasteiger partial charge in [-0.2, -0.15) is 5.10 Å². The average Bonchev–Trinajstić information content (AvgIpc) is 2.08. The summed E-state index contributed by atoms with van der Waals surface area (Å²) in [7, 11) is 1.58. The highest BCUT2D eigenvalue weighted by Gasteiger charge is 2.03. The molecule has 0 aromatic heterocycles. The topological polar surface area (TPSA) is 24.4 Å². The van der Waals surface area contributed by atoms with Crippen molar-refractivity contribution < 1.29 is 8.78 Å². The van der Waals surface area contributed by atoms with Gasteiger partial charge in [0.15, 0.2) is 11.6 Å². The van der Waals surface area contributed by atoms with Gasteiger partial charge in [-0.05, 0) is 6.07 Å². The van der Waals surface area contributed by atoms with Crippen LogP contribution in [0, 0.1) is 11.6 Å². The van der Waals surface area contributed by atoms with E-state index in [2.05, 4.69) is 10.5 Å². The van der Waals surface area contributed by atoms with Crippen LogP contribution < -0.4 is 5.43 Å². The third kappa shape index (κ3) is 1.78. The quantitative estimate of drug-likeness (QED) is 0.528. The molecule has 1 rings (SSSR count). The highest BCUT2D eigenvalue weighted by molar-refractivity contribution is 5.79. The van der Waals surface area contributed by atoms with Crippen molar-refractivity contribution in [3.8, 4) is 0 Å². The van der Waals surface area contributed by atoms with Crippen LogP contribution in [0.4, 0.5) is 8.78 Å². The van der Waals surface area contributed by atoms with Gasteiger partial charge < -0.3 is 5.43 Å². The molecule has 0 amide bonds. The number of benzene rings is 1. The van der Waals surface area contributed by atoms with Crippen LogP contribution in [0.5, 0.6) is 0 Å². The van der Waals surface area contributed by atoms with E-state index in [0.29, 0.717) is 0 Å². The maximum absolute atomic E-state index is 12.8. The molecule has 1 aromatic carbocycles. The van der Waals surface area contributed by atoms with Crippen molar-refractivity contribution in [3.63, 3.8) is 0 Å². The molecule has 0 fully saturated rings. The third-order valence-corrected chi connectivity index (χ3v) is 1.31. The molecule has 0 spiro atoms. The summed E-state index contributed by atoms with van der Waals surface area (Å²) >= 11 is 0. The molecule has 0 unspecified atom stereocenters. The Morgan fingerprint density at radius 3 is 2.83 bits per heavy atom. The van der Waals surface area contributed by atoms with Gasteiger partial charge in [-0.3, -0.25) is 0 Å². The predicted octanol–water partition coefficient (Wildman–Crippen LogP) is 1.52. The van der Waals surface area contributed by atoms with Crippen LogP contribution in [0.3, 0.4) is 0 Å². The molecule has 12 heavy (non-hydrogen) atoms. The Morgan fingerprint density at radius 1 is 1.42 bits per heavy atom. The molecule has 4 heteroatoms. The van der Waals surface area contributed by atoms with E-state index >= 15 is 0 Å². The van der Waals surface area contributed by atoms with Gasteiger partial charge in [-0.1, -0.05) is 12.1 Å². The first-order valence-electron chi connectivity index (χ1n) is 3.39. The summed E-state index contributed by atoms with van der Waals surface area (Å²) in [5.41, 5.74) is 2.57. The summed E-state index contributed by atoms with van der Waals surface area (Å²) in [6, 6.07) is 3.93. The summed E-state index contributed by atoms with van der Waals surface area (Å²) in [5, 5.41) is 3.56. The molecule has 0 aliphatic rings. The summed E-state index contributed by atoms with van der Waals surface area (Å²) in [6.07, 6.45) is 1.22. The fourth-order valence-corrected chi connectivity index (χ4v) is 0.754. The maximum atomic E-state index is 12.8. The molecule has 0 aliphatic carbocycles. The molecule has 1 aromatic rings. The minimum atomic E-state index is -0.878. The number of nitrogens with zero attached hydrogens (tertiary/aromatic N) is 1. The number of nitrogens with one attached hydrogen (secondary N) is 1. The fourth-order valence-electron chi connectivity index (χ4n) is 0.754. The smallest absolute Gasteiger partial charge is 0.167 e. The number of hydrogen-bond donors (Lipinski definition) is 1. The average molecular weight is 170 g/mol. The van der Waals surface area contributed by atoms with Crippen LogP contribution in [-0.4, -0.2) is 13.3 Å². The lowest BCUT2D eigenvalue weighted by Gasteiger charge is -1.95. The molecule has 64 valence electrons. The van der Waals surface area contributed by atoms with Crippen LogP contribution in [0.1, 0.15) is 5.56 Å². The van der Waals surface area contributed by atoms with E-state index in [1.165, 1.54) is 18.3 Å². The highest BCUT2D eigenvalue weighted by Crippen LogP contribution is 2.08. The van der Waals surface area contributed by atoms with Crippen molar-refractivity contribution >= 4 is 6.21 Å². The standard InChI is InChI=1S/C8H8F2N2/c1-11-12-5-6-3-2-4-7(9)8(6)10/h2-5,11H,1H3/b12-5+. The van der Waals surface area contributed by atoms with Crippen molar-refractivity contribution in [2.45, 2.75) is 0 Å². The molecule has 1 N–H and O–H groups in total. The first-order chi connectivity index (χ1) is 5.75. The minimum Gasteiger partial charge on any atom is -0.313 e. The Hall–Kier alpha value is -1.45. The van der Waals surface area contributed by atoms with E-state index in [1.807, 2.05) is 0 Å². The van der Waals surface area contributed by atoms with E-state index in [4.69, 9.17) is 0 Å². The van der Waals surface area contributed by atoms with Gasteiger partial charge in [0.25, 0.3) is 0 Å². The van der Waals surface area contributed by atoms with Gasteiger partial charge in [0.2, 0.25) is 0 Å². The largest absolute Gasteiger partial charge is 0.313 e. The number of hydrogen-bond acceptors (Lipinski definition) is 2. The molecule has 0 atom stereocenters. The van der Waals surface area contributed by atoms with Crippen molar-refractivity contribution in [2.75, 3.05) is 7.05 Å². The normalized spacial score (nSPS) is 10.6. The zero-order chi connectivity index (χ0) is 8.97. The lowest BCUT2D eigenvalue weighted by Crippen LogP contribution is -1.97.